The van der Waals surface area contributed by atoms with Crippen molar-refractivity contribution in [3.63, 3.8) is 0 Å². The molecule has 0 aliphatic heterocycles. The van der Waals surface area contributed by atoms with Crippen LogP contribution in [-0.2, 0) is 16.6 Å². The van der Waals surface area contributed by atoms with Gasteiger partial charge >= 0.3 is 5.76 Å². The Morgan fingerprint density at radius 1 is 1.35 bits per heavy atom. The zero-order valence-electron chi connectivity index (χ0n) is 8.65. The van der Waals surface area contributed by atoms with Crippen LogP contribution in [0, 0.1) is 5.41 Å². The third-order valence-corrected chi connectivity index (χ3v) is 2.99. The van der Waals surface area contributed by atoms with E-state index < -0.39 is 15.8 Å². The van der Waals surface area contributed by atoms with E-state index in [2.05, 4.69) is 0 Å². The summed E-state index contributed by atoms with van der Waals surface area (Å²) in [6.45, 7) is -0.231. The third kappa shape index (κ3) is 3.75. The molecule has 0 fully saturated rings. The number of hydrogen-bond acceptors (Lipinski definition) is 3. The standard InChI is InChI=1S/C9H11F2N3O2S/c10-9(11)17(15,16)14-5-6-1-3-7(4-2-6)8(12)13/h1-4,9,14H,5H2,(H3,12,13). The van der Waals surface area contributed by atoms with E-state index in [4.69, 9.17) is 11.1 Å². The number of halogens is 2. The van der Waals surface area contributed by atoms with E-state index in [9.17, 15) is 17.2 Å². The molecule has 1 rings (SSSR count). The molecule has 0 unspecified atom stereocenters. The van der Waals surface area contributed by atoms with Gasteiger partial charge in [0.25, 0.3) is 10.0 Å². The van der Waals surface area contributed by atoms with E-state index in [0.29, 0.717) is 11.1 Å². The van der Waals surface area contributed by atoms with Crippen molar-refractivity contribution >= 4 is 15.9 Å². The SMILES string of the molecule is N=C(N)c1ccc(CNS(=O)(=O)C(F)F)cc1. The Labute approximate surface area is 97.2 Å². The van der Waals surface area contributed by atoms with Crippen LogP contribution >= 0.6 is 0 Å². The minimum atomic E-state index is -4.57. The van der Waals surface area contributed by atoms with Crippen molar-refractivity contribution in [2.24, 2.45) is 5.73 Å². The second-order valence-corrected chi connectivity index (χ2v) is 4.97. The molecular formula is C9H11F2N3O2S. The highest BCUT2D eigenvalue weighted by Gasteiger charge is 2.22. The number of alkyl halides is 2. The fourth-order valence-corrected chi connectivity index (χ4v) is 1.54. The van der Waals surface area contributed by atoms with Crippen molar-refractivity contribution in [3.05, 3.63) is 35.4 Å². The molecule has 4 N–H and O–H groups in total. The van der Waals surface area contributed by atoms with Crippen LogP contribution in [0.1, 0.15) is 11.1 Å². The summed E-state index contributed by atoms with van der Waals surface area (Å²) in [4.78, 5) is 0. The summed E-state index contributed by atoms with van der Waals surface area (Å²) in [7, 11) is -4.57. The molecule has 0 amide bonds. The van der Waals surface area contributed by atoms with Gasteiger partial charge in [0.05, 0.1) is 0 Å². The predicted molar refractivity (Wildman–Crippen MR) is 59.2 cm³/mol. The Kier molecular flexibility index (Phi) is 4.13. The molecule has 5 nitrogen and oxygen atoms in total. The number of rotatable bonds is 5. The molecule has 0 aromatic heterocycles. The molecule has 8 heteroatoms. The van der Waals surface area contributed by atoms with E-state index in [-0.39, 0.29) is 12.4 Å². The molecule has 0 saturated carbocycles. The summed E-state index contributed by atoms with van der Waals surface area (Å²) < 4.78 is 47.3. The van der Waals surface area contributed by atoms with Gasteiger partial charge in [0, 0.05) is 12.1 Å². The molecule has 17 heavy (non-hydrogen) atoms. The van der Waals surface area contributed by atoms with Crippen LogP contribution in [0.4, 0.5) is 8.78 Å². The second-order valence-electron chi connectivity index (χ2n) is 3.24. The van der Waals surface area contributed by atoms with Gasteiger partial charge in [0.2, 0.25) is 0 Å². The van der Waals surface area contributed by atoms with Crippen molar-refractivity contribution in [2.75, 3.05) is 0 Å². The third-order valence-electron chi connectivity index (χ3n) is 1.98. The van der Waals surface area contributed by atoms with Crippen molar-refractivity contribution < 1.29 is 17.2 Å². The number of amidine groups is 1. The number of hydrogen-bond donors (Lipinski definition) is 3. The molecule has 0 spiro atoms. The minimum absolute atomic E-state index is 0.121. The lowest BCUT2D eigenvalue weighted by molar-refractivity contribution is 0.232. The maximum Gasteiger partial charge on any atom is 0.350 e. The lowest BCUT2D eigenvalue weighted by Gasteiger charge is -2.06. The normalized spacial score (nSPS) is 11.7. The van der Waals surface area contributed by atoms with Crippen LogP contribution in [0.3, 0.4) is 0 Å². The van der Waals surface area contributed by atoms with Gasteiger partial charge in [-0.05, 0) is 5.56 Å². The first-order chi connectivity index (χ1) is 7.83. The average molecular weight is 263 g/mol. The molecule has 1 aromatic rings. The minimum Gasteiger partial charge on any atom is -0.384 e. The van der Waals surface area contributed by atoms with Gasteiger partial charge in [0.15, 0.2) is 0 Å². The van der Waals surface area contributed by atoms with E-state index >= 15 is 0 Å². The first kappa shape index (κ1) is 13.5. The highest BCUT2D eigenvalue weighted by Crippen LogP contribution is 2.06. The maximum atomic E-state index is 12.0. The largest absolute Gasteiger partial charge is 0.384 e. The molecule has 94 valence electrons. The molecular weight excluding hydrogens is 252 g/mol. The Morgan fingerprint density at radius 3 is 2.29 bits per heavy atom. The molecule has 1 aromatic carbocycles. The summed E-state index contributed by atoms with van der Waals surface area (Å²) >= 11 is 0. The van der Waals surface area contributed by atoms with Gasteiger partial charge in [-0.1, -0.05) is 24.3 Å². The zero-order valence-corrected chi connectivity index (χ0v) is 9.47. The molecule has 0 heterocycles. The molecule has 0 radical (unpaired) electrons. The Bertz CT molecular complexity index is 499. The van der Waals surface area contributed by atoms with Crippen LogP contribution in [0.5, 0.6) is 0 Å². The highest BCUT2D eigenvalue weighted by molar-refractivity contribution is 7.89. The van der Waals surface area contributed by atoms with Gasteiger partial charge in [-0.3, -0.25) is 5.41 Å². The summed E-state index contributed by atoms with van der Waals surface area (Å²) in [6, 6.07) is 6.03. The number of benzene rings is 1. The zero-order chi connectivity index (χ0) is 13.1. The fourth-order valence-electron chi connectivity index (χ4n) is 1.05. The lowest BCUT2D eigenvalue weighted by atomic mass is 10.1. The summed E-state index contributed by atoms with van der Waals surface area (Å²) in [6.07, 6.45) is 0. The molecule has 0 aliphatic rings. The Hall–Kier alpha value is -1.54. The second kappa shape index (κ2) is 5.19. The van der Waals surface area contributed by atoms with Crippen molar-refractivity contribution in [2.45, 2.75) is 12.3 Å². The van der Waals surface area contributed by atoms with E-state index in [0.717, 1.165) is 0 Å². The van der Waals surface area contributed by atoms with Gasteiger partial charge in [-0.2, -0.15) is 8.78 Å². The molecule has 0 aliphatic carbocycles. The quantitative estimate of drug-likeness (QED) is 0.536. The maximum absolute atomic E-state index is 12.0. The Morgan fingerprint density at radius 2 is 1.88 bits per heavy atom. The summed E-state index contributed by atoms with van der Waals surface area (Å²) in [5, 5.41) is 7.13. The van der Waals surface area contributed by atoms with Crippen LogP contribution in [0.25, 0.3) is 0 Å². The van der Waals surface area contributed by atoms with Gasteiger partial charge in [-0.25, -0.2) is 13.1 Å². The van der Waals surface area contributed by atoms with Crippen molar-refractivity contribution in [3.8, 4) is 0 Å². The number of nitrogens with one attached hydrogen (secondary N) is 2. The number of nitrogens with two attached hydrogens (primary N) is 1. The smallest absolute Gasteiger partial charge is 0.350 e. The predicted octanol–water partition coefficient (Wildman–Crippen LogP) is 0.613. The van der Waals surface area contributed by atoms with Gasteiger partial charge in [0.1, 0.15) is 5.84 Å². The average Bonchev–Trinajstić information content (AvgIpc) is 2.27. The summed E-state index contributed by atoms with van der Waals surface area (Å²) in [5.41, 5.74) is 6.20. The number of nitrogen functional groups attached to an aromatic ring is 1. The van der Waals surface area contributed by atoms with Crippen LogP contribution in [-0.4, -0.2) is 20.0 Å². The Balaban J connectivity index is 2.68. The van der Waals surface area contributed by atoms with Crippen molar-refractivity contribution in [1.29, 1.82) is 5.41 Å². The van der Waals surface area contributed by atoms with Crippen LogP contribution in [0.2, 0.25) is 0 Å². The molecule has 0 bridgehead atoms. The van der Waals surface area contributed by atoms with E-state index in [1.807, 2.05) is 0 Å². The van der Waals surface area contributed by atoms with Crippen LogP contribution in [0.15, 0.2) is 24.3 Å². The first-order valence-electron chi connectivity index (χ1n) is 4.53. The topological polar surface area (TPSA) is 96.0 Å². The molecule has 0 saturated heterocycles. The fraction of sp³-hybridized carbons (Fsp3) is 0.222. The highest BCUT2D eigenvalue weighted by atomic mass is 32.2. The van der Waals surface area contributed by atoms with Gasteiger partial charge < -0.3 is 5.73 Å². The van der Waals surface area contributed by atoms with E-state index in [1.54, 1.807) is 4.72 Å². The van der Waals surface area contributed by atoms with Gasteiger partial charge in [-0.15, -0.1) is 0 Å². The first-order valence-corrected chi connectivity index (χ1v) is 6.07. The van der Waals surface area contributed by atoms with Crippen LogP contribution < -0.4 is 10.5 Å². The van der Waals surface area contributed by atoms with E-state index in [1.165, 1.54) is 24.3 Å². The summed E-state index contributed by atoms with van der Waals surface area (Å²) in [5.74, 6) is -3.57. The number of sulfonamides is 1. The lowest BCUT2D eigenvalue weighted by Crippen LogP contribution is -2.28. The molecule has 0 atom stereocenters. The monoisotopic (exact) mass is 263 g/mol. The van der Waals surface area contributed by atoms with Crippen molar-refractivity contribution in [1.82, 2.24) is 4.72 Å².